The summed E-state index contributed by atoms with van der Waals surface area (Å²) in [6.07, 6.45) is 7.94. The lowest BCUT2D eigenvalue weighted by Crippen LogP contribution is -2.49. The molecule has 22 heteroatoms. The van der Waals surface area contributed by atoms with Crippen molar-refractivity contribution in [2.45, 2.75) is 155 Å². The van der Waals surface area contributed by atoms with Gasteiger partial charge >= 0.3 is 5.97 Å². The van der Waals surface area contributed by atoms with Crippen molar-refractivity contribution in [3.05, 3.63) is 95.3 Å². The molecule has 1 saturated carbocycles. The number of hydrogen-bond donors (Lipinski definition) is 7. The van der Waals surface area contributed by atoms with Crippen LogP contribution in [0.3, 0.4) is 0 Å². The Morgan fingerprint density at radius 3 is 2.23 bits per heavy atom. The van der Waals surface area contributed by atoms with Crippen molar-refractivity contribution in [3.8, 4) is 5.69 Å². The molecule has 0 saturated heterocycles. The second kappa shape index (κ2) is 29.9. The number of hydrogen-bond acceptors (Lipinski definition) is 12. The van der Waals surface area contributed by atoms with E-state index in [1.807, 2.05) is 51.1 Å². The van der Waals surface area contributed by atoms with E-state index in [0.29, 0.717) is 69.0 Å². The number of nitrogens with zero attached hydrogens (tertiary/aromatic N) is 4. The normalized spacial score (nSPS) is 17.2. The summed E-state index contributed by atoms with van der Waals surface area (Å²) in [6.45, 7) is 10.2. The molecule has 0 unspecified atom stereocenters. The van der Waals surface area contributed by atoms with Crippen LogP contribution < -0.4 is 27.0 Å². The standard InChI is InChI=1S/C58H79F2N9O11/c1-35(2)51(65-47(72)18-11-8-14-27-67-48(73)23-24-49(67)74)46(71)29-36(3)54(76)64-44(57(79)80)17-12-13-26-62-55(77)38-19-21-41(31-38)63-56(78)43(61)25-28-68(50(75)34-70)53(58(4,5)6)52-39(30-37-15-9-7-10-16-37)33-69(66-52)45-32-40(59)20-22-42(45)60/h7,9-10,15-16,20,22-24,32-33,35-36,38,41,43-44,51,53,70H,8,11-14,17-19,21,25-31,34,61H2,1-6H3,(H,62,77)(H,63,78)(H,64,76)(H,65,72)(H,79,80)/t36-,38-,41+,43+,44+,51+,53+/m1/s1. The quantitative estimate of drug-likeness (QED) is 0.0339. The summed E-state index contributed by atoms with van der Waals surface area (Å²) in [7, 11) is 0. The van der Waals surface area contributed by atoms with Gasteiger partial charge in [0.25, 0.3) is 11.8 Å². The highest BCUT2D eigenvalue weighted by Crippen LogP contribution is 2.40. The van der Waals surface area contributed by atoms with E-state index in [1.54, 1.807) is 20.0 Å². The van der Waals surface area contributed by atoms with Gasteiger partial charge in [-0.15, -0.1) is 0 Å². The van der Waals surface area contributed by atoms with Crippen LogP contribution in [0.2, 0.25) is 0 Å². The number of nitrogens with one attached hydrogen (secondary N) is 4. The maximum Gasteiger partial charge on any atom is 0.326 e. The number of imide groups is 1. The fraction of sp³-hybridized carbons (Fsp3) is 0.552. The summed E-state index contributed by atoms with van der Waals surface area (Å²) in [5.41, 5.74) is 7.49. The van der Waals surface area contributed by atoms with Gasteiger partial charge in [-0.1, -0.05) is 78.3 Å². The highest BCUT2D eigenvalue weighted by molar-refractivity contribution is 6.12. The predicted molar refractivity (Wildman–Crippen MR) is 292 cm³/mol. The lowest BCUT2D eigenvalue weighted by molar-refractivity contribution is -0.143. The molecule has 1 fully saturated rings. The van der Waals surface area contributed by atoms with Gasteiger partial charge in [-0.25, -0.2) is 18.3 Å². The van der Waals surface area contributed by atoms with Crippen molar-refractivity contribution in [2.75, 3.05) is 26.2 Å². The summed E-state index contributed by atoms with van der Waals surface area (Å²) >= 11 is 0. The smallest absolute Gasteiger partial charge is 0.326 e. The Bertz CT molecular complexity index is 2690. The molecule has 80 heavy (non-hydrogen) atoms. The average molecular weight is 1120 g/mol. The molecule has 1 aromatic heterocycles. The van der Waals surface area contributed by atoms with Gasteiger partial charge in [0.1, 0.15) is 30.0 Å². The molecule has 2 aromatic carbocycles. The van der Waals surface area contributed by atoms with E-state index in [0.717, 1.165) is 28.7 Å². The number of amides is 7. The lowest BCUT2D eigenvalue weighted by Gasteiger charge is -2.40. The van der Waals surface area contributed by atoms with E-state index >= 15 is 4.39 Å². The number of aromatic nitrogens is 2. The Labute approximate surface area is 466 Å². The fourth-order valence-corrected chi connectivity index (χ4v) is 10.1. The zero-order valence-electron chi connectivity index (χ0n) is 46.7. The summed E-state index contributed by atoms with van der Waals surface area (Å²) in [6, 6.07) is 8.05. The van der Waals surface area contributed by atoms with E-state index in [-0.39, 0.29) is 92.4 Å². The number of nitrogens with two attached hydrogens (primary N) is 1. The predicted octanol–water partition coefficient (Wildman–Crippen LogP) is 4.73. The number of aliphatic hydroxyl groups excluding tert-OH is 1. The van der Waals surface area contributed by atoms with Crippen molar-refractivity contribution in [2.24, 2.45) is 28.9 Å². The molecule has 7 atom stereocenters. The number of Topliss-reactive ketones (excluding diaryl/α,β-unsaturated/α-hetero) is 1. The van der Waals surface area contributed by atoms with E-state index in [9.17, 15) is 57.8 Å². The molecule has 0 radical (unpaired) electrons. The number of ketones is 1. The van der Waals surface area contributed by atoms with Crippen LogP contribution in [0.25, 0.3) is 5.69 Å². The second-order valence-corrected chi connectivity index (χ2v) is 22.4. The third kappa shape index (κ3) is 18.4. The molecule has 3 aromatic rings. The van der Waals surface area contributed by atoms with Gasteiger partial charge in [0.2, 0.25) is 29.5 Å². The Morgan fingerprint density at radius 1 is 0.875 bits per heavy atom. The van der Waals surface area contributed by atoms with Crippen LogP contribution in [0, 0.1) is 34.8 Å². The van der Waals surface area contributed by atoms with Gasteiger partial charge in [0, 0.05) is 86.8 Å². The summed E-state index contributed by atoms with van der Waals surface area (Å²) in [5, 5.41) is 36.0. The summed E-state index contributed by atoms with van der Waals surface area (Å²) < 4.78 is 30.8. The minimum atomic E-state index is -1.26. The highest BCUT2D eigenvalue weighted by atomic mass is 19.1. The number of rotatable bonds is 31. The van der Waals surface area contributed by atoms with Gasteiger partial charge in [0.15, 0.2) is 5.78 Å². The number of carbonyl (C=O) groups is 9. The maximum atomic E-state index is 15.1. The molecule has 7 amide bonds. The Hall–Kier alpha value is -7.20. The molecule has 436 valence electrons. The SMILES string of the molecule is CC(C)[C@H](NC(=O)CCCCCN1C(=O)C=CC1=O)C(=O)C[C@@H](C)C(=O)N[C@@H](CCCCNC(=O)[C@@H]1CC[C@H](NC(=O)[C@@H](N)CCN(C(=O)CO)[C@@H](c2nn(-c3cc(F)ccc3F)cc2Cc2ccccc2)C(C)(C)C)C1)C(=O)O. The zero-order chi connectivity index (χ0) is 58.8. The molecular formula is C58H79F2N9O11. The Kier molecular flexibility index (Phi) is 23.7. The van der Waals surface area contributed by atoms with Gasteiger partial charge in [0.05, 0.1) is 23.8 Å². The molecule has 2 aliphatic rings. The Morgan fingerprint density at radius 2 is 1.57 bits per heavy atom. The monoisotopic (exact) mass is 1120 g/mol. The van der Waals surface area contributed by atoms with Crippen LogP contribution >= 0.6 is 0 Å². The number of halogens is 2. The molecule has 8 N–H and O–H groups in total. The minimum absolute atomic E-state index is 0.0156. The van der Waals surface area contributed by atoms with Crippen molar-refractivity contribution in [3.63, 3.8) is 0 Å². The van der Waals surface area contributed by atoms with Gasteiger partial charge in [-0.3, -0.25) is 43.3 Å². The molecule has 1 aliphatic heterocycles. The molecule has 1 aliphatic carbocycles. The van der Waals surface area contributed by atoms with Gasteiger partial charge in [-0.05, 0) is 86.8 Å². The van der Waals surface area contributed by atoms with E-state index in [2.05, 4.69) is 21.3 Å². The molecular weight excluding hydrogens is 1040 g/mol. The first-order valence-corrected chi connectivity index (χ1v) is 27.6. The first kappa shape index (κ1) is 63.6. The summed E-state index contributed by atoms with van der Waals surface area (Å²) in [4.78, 5) is 118. The number of aliphatic hydroxyl groups is 1. The first-order valence-electron chi connectivity index (χ1n) is 27.6. The first-order chi connectivity index (χ1) is 37.9. The van der Waals surface area contributed by atoms with Gasteiger partial charge in [-0.2, -0.15) is 5.10 Å². The number of unbranched alkanes of at least 4 members (excludes halogenated alkanes) is 3. The molecule has 20 nitrogen and oxygen atoms in total. The lowest BCUT2D eigenvalue weighted by atomic mass is 9.81. The number of carboxylic acids is 1. The van der Waals surface area contributed by atoms with E-state index in [4.69, 9.17) is 10.8 Å². The van der Waals surface area contributed by atoms with Crippen molar-refractivity contribution in [1.82, 2.24) is 40.8 Å². The van der Waals surface area contributed by atoms with Crippen LogP contribution in [-0.4, -0.2) is 133 Å². The van der Waals surface area contributed by atoms with E-state index in [1.165, 1.54) is 28.7 Å². The fourth-order valence-electron chi connectivity index (χ4n) is 10.1. The third-order valence-electron chi connectivity index (χ3n) is 14.5. The number of aliphatic carboxylic acids is 1. The average Bonchev–Trinajstić information content (AvgIpc) is 4.14. The van der Waals surface area contributed by atoms with E-state index < -0.39 is 83.4 Å². The Balaban J connectivity index is 1.05. The van der Waals surface area contributed by atoms with Crippen molar-refractivity contribution >= 4 is 53.1 Å². The summed E-state index contributed by atoms with van der Waals surface area (Å²) in [5.74, 6) is -7.70. The molecule has 0 spiro atoms. The minimum Gasteiger partial charge on any atom is -0.480 e. The third-order valence-corrected chi connectivity index (χ3v) is 14.5. The van der Waals surface area contributed by atoms with Crippen LogP contribution in [0.15, 0.2) is 66.9 Å². The maximum absolute atomic E-state index is 15.1. The molecule has 5 rings (SSSR count). The van der Waals surface area contributed by atoms with Crippen molar-refractivity contribution in [1.29, 1.82) is 0 Å². The van der Waals surface area contributed by atoms with Gasteiger partial charge < -0.3 is 42.1 Å². The number of carboxylic acid groups (broad SMARTS) is 1. The second-order valence-electron chi connectivity index (χ2n) is 22.4. The molecule has 0 bridgehead atoms. The number of benzene rings is 2. The van der Waals surface area contributed by atoms with Crippen LogP contribution in [0.5, 0.6) is 0 Å². The largest absolute Gasteiger partial charge is 0.480 e. The highest BCUT2D eigenvalue weighted by Gasteiger charge is 2.39. The molecule has 2 heterocycles. The van der Waals surface area contributed by atoms with Crippen molar-refractivity contribution < 1.29 is 62.1 Å². The zero-order valence-corrected chi connectivity index (χ0v) is 46.7. The number of carbonyl (C=O) groups excluding carboxylic acids is 8. The topological polar surface area (TPSA) is 293 Å². The van der Waals surface area contributed by atoms with Crippen LogP contribution in [0.1, 0.15) is 141 Å². The van der Waals surface area contributed by atoms with Crippen LogP contribution in [-0.2, 0) is 49.6 Å². The van der Waals surface area contributed by atoms with Crippen LogP contribution in [0.4, 0.5) is 8.78 Å².